The number of nitrogens with one attached hydrogen (secondary N) is 1. The van der Waals surface area contributed by atoms with Gasteiger partial charge in [-0.25, -0.2) is 8.42 Å². The highest BCUT2D eigenvalue weighted by Gasteiger charge is 2.17. The first kappa shape index (κ1) is 19.3. The fourth-order valence-corrected chi connectivity index (χ4v) is 5.08. The zero-order valence-corrected chi connectivity index (χ0v) is 16.1. The smallest absolute Gasteiger partial charge is 0.316 e. The van der Waals surface area contributed by atoms with Crippen molar-refractivity contribution in [1.29, 1.82) is 0 Å². The number of nitrogens with zero attached hydrogens (tertiary/aromatic N) is 2. The lowest BCUT2D eigenvalue weighted by Gasteiger charge is -2.06. The highest BCUT2D eigenvalue weighted by atomic mass is 35.5. The molecule has 12 heteroatoms. The van der Waals surface area contributed by atoms with Crippen molar-refractivity contribution in [2.45, 2.75) is 10.1 Å². The van der Waals surface area contributed by atoms with Crippen LogP contribution in [0.2, 0.25) is 10.0 Å². The van der Waals surface area contributed by atoms with Crippen LogP contribution in [0.5, 0.6) is 0 Å². The Kier molecular flexibility index (Phi) is 6.70. The Morgan fingerprint density at radius 3 is 2.79 bits per heavy atom. The first-order chi connectivity index (χ1) is 11.3. The van der Waals surface area contributed by atoms with E-state index in [2.05, 4.69) is 19.7 Å². The predicted molar refractivity (Wildman–Crippen MR) is 95.4 cm³/mol. The molecule has 2 rings (SSSR count). The number of halogens is 2. The molecule has 0 atom stereocenters. The van der Waals surface area contributed by atoms with Crippen molar-refractivity contribution < 1.29 is 17.9 Å². The maximum absolute atomic E-state index is 12.2. The zero-order valence-electron chi connectivity index (χ0n) is 12.2. The van der Waals surface area contributed by atoms with Gasteiger partial charge in [0.05, 0.1) is 18.6 Å². The van der Waals surface area contributed by atoms with Gasteiger partial charge >= 0.3 is 5.97 Å². The molecule has 1 aromatic carbocycles. The molecule has 0 saturated heterocycles. The van der Waals surface area contributed by atoms with Crippen LogP contribution in [0.25, 0.3) is 0 Å². The number of rotatable bonds is 7. The molecule has 24 heavy (non-hydrogen) atoms. The van der Waals surface area contributed by atoms with Crippen molar-refractivity contribution in [1.82, 2.24) is 10.2 Å². The lowest BCUT2D eigenvalue weighted by molar-refractivity contribution is -0.137. The molecule has 0 unspecified atom stereocenters. The SMILES string of the molecule is COC(=O)CSc1nnc(NS(=O)(=O)Cc2ccc(Cl)cc2Cl)s1. The van der Waals surface area contributed by atoms with E-state index in [4.69, 9.17) is 23.2 Å². The minimum Gasteiger partial charge on any atom is -0.468 e. The van der Waals surface area contributed by atoms with Crippen molar-refractivity contribution >= 4 is 67.4 Å². The molecule has 0 aliphatic rings. The average Bonchev–Trinajstić information content (AvgIpc) is 2.94. The van der Waals surface area contributed by atoms with Gasteiger partial charge in [-0.05, 0) is 17.7 Å². The number of methoxy groups -OCH3 is 1. The van der Waals surface area contributed by atoms with Gasteiger partial charge in [0.1, 0.15) is 0 Å². The number of carbonyl (C=O) groups is 1. The second kappa shape index (κ2) is 8.34. The van der Waals surface area contributed by atoms with E-state index in [1.54, 1.807) is 12.1 Å². The number of ether oxygens (including phenoxy) is 1. The van der Waals surface area contributed by atoms with Gasteiger partial charge in [-0.2, -0.15) is 0 Å². The number of hydrogen-bond acceptors (Lipinski definition) is 8. The molecule has 7 nitrogen and oxygen atoms in total. The van der Waals surface area contributed by atoms with Crippen LogP contribution in [0.1, 0.15) is 5.56 Å². The summed E-state index contributed by atoms with van der Waals surface area (Å²) in [7, 11) is -2.43. The number of benzene rings is 1. The first-order valence-electron chi connectivity index (χ1n) is 6.26. The molecular formula is C12H11Cl2N3O4S3. The van der Waals surface area contributed by atoms with Crippen molar-refractivity contribution in [3.05, 3.63) is 33.8 Å². The lowest BCUT2D eigenvalue weighted by atomic mass is 10.2. The molecular weight excluding hydrogens is 417 g/mol. The Hall–Kier alpha value is -1.07. The van der Waals surface area contributed by atoms with E-state index < -0.39 is 16.0 Å². The van der Waals surface area contributed by atoms with Crippen LogP contribution in [-0.4, -0.2) is 37.4 Å². The zero-order chi connectivity index (χ0) is 17.7. The molecule has 130 valence electrons. The minimum atomic E-state index is -3.72. The summed E-state index contributed by atoms with van der Waals surface area (Å²) < 4.78 is 31.6. The molecule has 0 aliphatic carbocycles. The van der Waals surface area contributed by atoms with Crippen LogP contribution in [0.4, 0.5) is 5.13 Å². The number of hydrogen-bond donors (Lipinski definition) is 1. The molecule has 0 fully saturated rings. The van der Waals surface area contributed by atoms with Crippen LogP contribution in [0.3, 0.4) is 0 Å². The predicted octanol–water partition coefficient (Wildman–Crippen LogP) is 3.05. The summed E-state index contributed by atoms with van der Waals surface area (Å²) in [6.45, 7) is 0. The molecule has 0 radical (unpaired) electrons. The van der Waals surface area contributed by atoms with Gasteiger partial charge in [-0.1, -0.05) is 52.4 Å². The number of aromatic nitrogens is 2. The molecule has 0 amide bonds. The van der Waals surface area contributed by atoms with Crippen molar-refractivity contribution in [3.8, 4) is 0 Å². The first-order valence-corrected chi connectivity index (χ1v) is 10.5. The molecule has 1 aromatic heterocycles. The molecule has 0 aliphatic heterocycles. The second-order valence-electron chi connectivity index (χ2n) is 4.33. The number of esters is 1. The Bertz CT molecular complexity index is 842. The Morgan fingerprint density at radius 2 is 2.12 bits per heavy atom. The van der Waals surface area contributed by atoms with Gasteiger partial charge in [0.15, 0.2) is 4.34 Å². The van der Waals surface area contributed by atoms with Gasteiger partial charge < -0.3 is 4.74 Å². The largest absolute Gasteiger partial charge is 0.468 e. The quantitative estimate of drug-likeness (QED) is 0.535. The van der Waals surface area contributed by atoms with E-state index >= 15 is 0 Å². The van der Waals surface area contributed by atoms with Crippen LogP contribution in [0, 0.1) is 0 Å². The van der Waals surface area contributed by atoms with E-state index in [0.29, 0.717) is 14.9 Å². The van der Waals surface area contributed by atoms with E-state index in [9.17, 15) is 13.2 Å². The fraction of sp³-hybridized carbons (Fsp3) is 0.250. The molecule has 0 saturated carbocycles. The third-order valence-corrected chi connectivity index (χ3v) is 6.41. The summed E-state index contributed by atoms with van der Waals surface area (Å²) >= 11 is 13.9. The summed E-state index contributed by atoms with van der Waals surface area (Å²) in [5.41, 5.74) is 0.415. The summed E-state index contributed by atoms with van der Waals surface area (Å²) in [5, 5.41) is 8.32. The summed E-state index contributed by atoms with van der Waals surface area (Å²) in [6, 6.07) is 4.58. The summed E-state index contributed by atoms with van der Waals surface area (Å²) in [5.74, 6) is -0.666. The van der Waals surface area contributed by atoms with E-state index in [1.807, 2.05) is 0 Å². The number of carbonyl (C=O) groups excluding carboxylic acids is 1. The monoisotopic (exact) mass is 427 g/mol. The standard InChI is InChI=1S/C12H11Cl2N3O4S3/c1-21-10(18)5-22-12-16-15-11(23-12)17-24(19,20)6-7-2-3-8(13)4-9(7)14/h2-4H,5-6H2,1H3,(H,15,17). The fourth-order valence-electron chi connectivity index (χ4n) is 1.50. The van der Waals surface area contributed by atoms with E-state index in [0.717, 1.165) is 23.1 Å². The molecule has 0 spiro atoms. The second-order valence-corrected chi connectivity index (χ2v) is 9.10. The molecule has 0 bridgehead atoms. The highest BCUT2D eigenvalue weighted by molar-refractivity contribution is 8.01. The average molecular weight is 428 g/mol. The van der Waals surface area contributed by atoms with Gasteiger partial charge in [0, 0.05) is 10.0 Å². The Labute approximate surface area is 156 Å². The van der Waals surface area contributed by atoms with Crippen LogP contribution in [0.15, 0.2) is 22.5 Å². The molecule has 1 heterocycles. The Morgan fingerprint density at radius 1 is 1.38 bits per heavy atom. The maximum Gasteiger partial charge on any atom is 0.316 e. The molecule has 2 aromatic rings. The topological polar surface area (TPSA) is 98.2 Å². The number of anilines is 1. The van der Waals surface area contributed by atoms with Crippen LogP contribution < -0.4 is 4.72 Å². The van der Waals surface area contributed by atoms with E-state index in [1.165, 1.54) is 13.2 Å². The maximum atomic E-state index is 12.2. The van der Waals surface area contributed by atoms with Crippen molar-refractivity contribution in [2.24, 2.45) is 0 Å². The van der Waals surface area contributed by atoms with E-state index in [-0.39, 0.29) is 21.7 Å². The lowest BCUT2D eigenvalue weighted by Crippen LogP contribution is -2.15. The molecule has 1 N–H and O–H groups in total. The number of sulfonamides is 1. The number of thioether (sulfide) groups is 1. The van der Waals surface area contributed by atoms with Crippen LogP contribution in [-0.2, 0) is 25.3 Å². The summed E-state index contributed by atoms with van der Waals surface area (Å²) in [4.78, 5) is 11.1. The van der Waals surface area contributed by atoms with Gasteiger partial charge in [0.2, 0.25) is 15.2 Å². The third-order valence-electron chi connectivity index (χ3n) is 2.55. The highest BCUT2D eigenvalue weighted by Crippen LogP contribution is 2.27. The van der Waals surface area contributed by atoms with Gasteiger partial charge in [-0.15, -0.1) is 10.2 Å². The Balaban J connectivity index is 2.01. The van der Waals surface area contributed by atoms with Crippen molar-refractivity contribution in [2.75, 3.05) is 17.6 Å². The minimum absolute atomic E-state index is 0.0677. The third kappa shape index (κ3) is 5.78. The summed E-state index contributed by atoms with van der Waals surface area (Å²) in [6.07, 6.45) is 0. The van der Waals surface area contributed by atoms with Gasteiger partial charge in [0.25, 0.3) is 0 Å². The van der Waals surface area contributed by atoms with Crippen molar-refractivity contribution in [3.63, 3.8) is 0 Å². The van der Waals surface area contributed by atoms with Crippen LogP contribution >= 0.6 is 46.3 Å². The normalized spacial score (nSPS) is 11.3. The van der Waals surface area contributed by atoms with Gasteiger partial charge in [-0.3, -0.25) is 9.52 Å².